The Hall–Kier alpha value is -1.63. The standard InChI is InChI=1S/C19H18ClN3OS2/c1-11(17(24)23-13-6-4-5-12(20)9-13)25-18-16-14-7-2-3-8-15(14)26-19(16)22-10-21-18/h4-6,9-11H,2-3,7-8H2,1H3,(H,23,24)/t11-/m1/s1. The van der Waals surface area contributed by atoms with Gasteiger partial charge in [-0.3, -0.25) is 4.79 Å². The molecular formula is C19H18ClN3OS2. The van der Waals surface area contributed by atoms with E-state index < -0.39 is 0 Å². The fourth-order valence-corrected chi connectivity index (χ4v) is 5.61. The second-order valence-electron chi connectivity index (χ2n) is 6.33. The molecule has 0 saturated heterocycles. The van der Waals surface area contributed by atoms with Gasteiger partial charge in [0.05, 0.1) is 5.25 Å². The number of thiophene rings is 1. The van der Waals surface area contributed by atoms with E-state index in [0.717, 1.165) is 28.1 Å². The molecule has 2 aromatic heterocycles. The summed E-state index contributed by atoms with van der Waals surface area (Å²) in [5, 5.41) is 5.31. The fraction of sp³-hybridized carbons (Fsp3) is 0.316. The molecule has 134 valence electrons. The summed E-state index contributed by atoms with van der Waals surface area (Å²) in [6.45, 7) is 1.90. The Balaban J connectivity index is 1.56. The van der Waals surface area contributed by atoms with Gasteiger partial charge >= 0.3 is 0 Å². The first-order valence-electron chi connectivity index (χ1n) is 8.60. The van der Waals surface area contributed by atoms with E-state index >= 15 is 0 Å². The van der Waals surface area contributed by atoms with Gasteiger partial charge in [0.15, 0.2) is 0 Å². The average Bonchev–Trinajstić information content (AvgIpc) is 3.01. The number of carbonyl (C=O) groups is 1. The topological polar surface area (TPSA) is 54.9 Å². The van der Waals surface area contributed by atoms with E-state index in [9.17, 15) is 4.79 Å². The third-order valence-electron chi connectivity index (χ3n) is 4.47. The molecule has 0 radical (unpaired) electrons. The molecule has 1 aromatic carbocycles. The van der Waals surface area contributed by atoms with Crippen LogP contribution in [-0.2, 0) is 17.6 Å². The van der Waals surface area contributed by atoms with Crippen molar-refractivity contribution < 1.29 is 4.79 Å². The molecule has 4 nitrogen and oxygen atoms in total. The van der Waals surface area contributed by atoms with Gasteiger partial charge in [-0.15, -0.1) is 11.3 Å². The van der Waals surface area contributed by atoms with Crippen LogP contribution in [0, 0.1) is 0 Å². The number of thioether (sulfide) groups is 1. The molecule has 7 heteroatoms. The summed E-state index contributed by atoms with van der Waals surface area (Å²) in [5.41, 5.74) is 2.09. The first-order valence-corrected chi connectivity index (χ1v) is 10.7. The maximum Gasteiger partial charge on any atom is 0.237 e. The molecule has 0 fully saturated rings. The number of nitrogens with zero attached hydrogens (tertiary/aromatic N) is 2. The van der Waals surface area contributed by atoms with E-state index in [4.69, 9.17) is 11.6 Å². The Morgan fingerprint density at radius 2 is 2.15 bits per heavy atom. The molecule has 0 spiro atoms. The minimum Gasteiger partial charge on any atom is -0.325 e. The maximum absolute atomic E-state index is 12.6. The number of hydrogen-bond donors (Lipinski definition) is 1. The fourth-order valence-electron chi connectivity index (χ4n) is 3.18. The minimum atomic E-state index is -0.272. The number of fused-ring (bicyclic) bond motifs is 3. The summed E-state index contributed by atoms with van der Waals surface area (Å²) in [5.74, 6) is -0.0619. The highest BCUT2D eigenvalue weighted by Crippen LogP contribution is 2.40. The quantitative estimate of drug-likeness (QED) is 0.471. The molecule has 1 atom stereocenters. The highest BCUT2D eigenvalue weighted by molar-refractivity contribution is 8.00. The number of amides is 1. The van der Waals surface area contributed by atoms with E-state index in [2.05, 4.69) is 15.3 Å². The van der Waals surface area contributed by atoms with Crippen LogP contribution in [0.5, 0.6) is 0 Å². The smallest absolute Gasteiger partial charge is 0.237 e. The van der Waals surface area contributed by atoms with Gasteiger partial charge in [0.25, 0.3) is 0 Å². The molecule has 2 heterocycles. The van der Waals surface area contributed by atoms with Crippen molar-refractivity contribution in [2.45, 2.75) is 42.9 Å². The Morgan fingerprint density at radius 1 is 1.31 bits per heavy atom. The van der Waals surface area contributed by atoms with E-state index in [1.54, 1.807) is 29.8 Å². The molecule has 1 amide bonds. The van der Waals surface area contributed by atoms with Gasteiger partial charge in [-0.1, -0.05) is 29.4 Å². The predicted molar refractivity (Wildman–Crippen MR) is 109 cm³/mol. The van der Waals surface area contributed by atoms with Crippen LogP contribution in [0.1, 0.15) is 30.2 Å². The predicted octanol–water partition coefficient (Wildman–Crippen LogP) is 5.34. The molecule has 0 unspecified atom stereocenters. The Kier molecular flexibility index (Phi) is 5.16. The van der Waals surface area contributed by atoms with Crippen molar-refractivity contribution in [1.82, 2.24) is 9.97 Å². The third-order valence-corrected chi connectivity index (χ3v) is 7.00. The second-order valence-corrected chi connectivity index (χ2v) is 9.18. The number of rotatable bonds is 4. The Labute approximate surface area is 165 Å². The van der Waals surface area contributed by atoms with Crippen molar-refractivity contribution in [1.29, 1.82) is 0 Å². The molecule has 0 aliphatic heterocycles. The normalized spacial score (nSPS) is 14.8. The van der Waals surface area contributed by atoms with Gasteiger partial charge in [0, 0.05) is 21.0 Å². The molecule has 1 aliphatic rings. The number of hydrogen-bond acceptors (Lipinski definition) is 5. The summed E-state index contributed by atoms with van der Waals surface area (Å²) in [6.07, 6.45) is 6.27. The van der Waals surface area contributed by atoms with Crippen LogP contribution in [0.25, 0.3) is 10.2 Å². The van der Waals surface area contributed by atoms with Crippen LogP contribution in [0.3, 0.4) is 0 Å². The van der Waals surface area contributed by atoms with Crippen molar-refractivity contribution in [3.63, 3.8) is 0 Å². The van der Waals surface area contributed by atoms with Gasteiger partial charge in [-0.05, 0) is 56.4 Å². The largest absolute Gasteiger partial charge is 0.325 e. The zero-order valence-corrected chi connectivity index (χ0v) is 16.7. The van der Waals surface area contributed by atoms with Gasteiger partial charge in [0.2, 0.25) is 5.91 Å². The first kappa shape index (κ1) is 17.8. The van der Waals surface area contributed by atoms with E-state index in [-0.39, 0.29) is 11.2 Å². The maximum atomic E-state index is 12.6. The lowest BCUT2D eigenvalue weighted by Crippen LogP contribution is -2.22. The molecule has 4 rings (SSSR count). The third kappa shape index (κ3) is 3.59. The lowest BCUT2D eigenvalue weighted by atomic mass is 9.97. The van der Waals surface area contributed by atoms with Crippen LogP contribution in [0.4, 0.5) is 5.69 Å². The van der Waals surface area contributed by atoms with Gasteiger partial charge in [0.1, 0.15) is 16.2 Å². The first-order chi connectivity index (χ1) is 12.6. The zero-order chi connectivity index (χ0) is 18.1. The number of benzene rings is 1. The van der Waals surface area contributed by atoms with Gasteiger partial charge < -0.3 is 5.32 Å². The number of aromatic nitrogens is 2. The van der Waals surface area contributed by atoms with Crippen LogP contribution < -0.4 is 5.32 Å². The molecule has 0 bridgehead atoms. The van der Waals surface area contributed by atoms with E-state index in [0.29, 0.717) is 10.7 Å². The lowest BCUT2D eigenvalue weighted by molar-refractivity contribution is -0.115. The summed E-state index contributed by atoms with van der Waals surface area (Å²) < 4.78 is 0. The SMILES string of the molecule is C[C@@H](Sc1ncnc2sc3c(c12)CCCC3)C(=O)Nc1cccc(Cl)c1. The molecule has 0 saturated carbocycles. The zero-order valence-electron chi connectivity index (χ0n) is 14.3. The number of carbonyl (C=O) groups excluding carboxylic acids is 1. The molecule has 1 N–H and O–H groups in total. The van der Waals surface area contributed by atoms with Crippen molar-refractivity contribution in [2.24, 2.45) is 0 Å². The van der Waals surface area contributed by atoms with Gasteiger partial charge in [-0.2, -0.15) is 0 Å². The van der Waals surface area contributed by atoms with Crippen molar-refractivity contribution in [3.8, 4) is 0 Å². The van der Waals surface area contributed by atoms with Crippen LogP contribution in [0.2, 0.25) is 5.02 Å². The summed E-state index contributed by atoms with van der Waals surface area (Å²) in [4.78, 5) is 24.0. The molecule has 26 heavy (non-hydrogen) atoms. The number of halogens is 1. The van der Waals surface area contributed by atoms with E-state index in [1.807, 2.05) is 19.1 Å². The number of anilines is 1. The molecule has 3 aromatic rings. The summed E-state index contributed by atoms with van der Waals surface area (Å²) in [6, 6.07) is 7.18. The Morgan fingerprint density at radius 3 is 3.00 bits per heavy atom. The number of aryl methyl sites for hydroxylation is 2. The second kappa shape index (κ2) is 7.55. The minimum absolute atomic E-state index is 0.0619. The van der Waals surface area contributed by atoms with Crippen molar-refractivity contribution >= 4 is 56.5 Å². The van der Waals surface area contributed by atoms with Gasteiger partial charge in [-0.25, -0.2) is 9.97 Å². The molecular weight excluding hydrogens is 386 g/mol. The highest BCUT2D eigenvalue weighted by atomic mass is 35.5. The average molecular weight is 404 g/mol. The molecule has 1 aliphatic carbocycles. The Bertz CT molecular complexity index is 973. The summed E-state index contributed by atoms with van der Waals surface area (Å²) >= 11 is 9.25. The summed E-state index contributed by atoms with van der Waals surface area (Å²) in [7, 11) is 0. The van der Waals surface area contributed by atoms with Crippen LogP contribution in [0.15, 0.2) is 35.6 Å². The number of nitrogens with one attached hydrogen (secondary N) is 1. The van der Waals surface area contributed by atoms with Crippen LogP contribution in [-0.4, -0.2) is 21.1 Å². The highest BCUT2D eigenvalue weighted by Gasteiger charge is 2.23. The van der Waals surface area contributed by atoms with Crippen molar-refractivity contribution in [3.05, 3.63) is 46.1 Å². The van der Waals surface area contributed by atoms with E-state index in [1.165, 1.54) is 35.0 Å². The van der Waals surface area contributed by atoms with Crippen molar-refractivity contribution in [2.75, 3.05) is 5.32 Å². The monoisotopic (exact) mass is 403 g/mol. The van der Waals surface area contributed by atoms with Crippen LogP contribution >= 0.6 is 34.7 Å². The lowest BCUT2D eigenvalue weighted by Gasteiger charge is -2.14.